The largest absolute Gasteiger partial charge is 0.416 e. The zero-order chi connectivity index (χ0) is 19.6. The summed E-state index contributed by atoms with van der Waals surface area (Å²) in [5.41, 5.74) is 3.26. The van der Waals surface area contributed by atoms with Crippen LogP contribution in [0, 0.1) is 0 Å². The Hall–Kier alpha value is -2.54. The molecule has 0 aliphatic carbocycles. The SMILES string of the molecule is CSc1nc(-c2ccc(N(C)C)cc2)cc(-c2ccc(C(F)(F)F)cc2)n1. The molecule has 0 unspecified atom stereocenters. The van der Waals surface area contributed by atoms with Gasteiger partial charge in [-0.3, -0.25) is 0 Å². The average molecular weight is 389 g/mol. The highest BCUT2D eigenvalue weighted by Gasteiger charge is 2.30. The number of hydrogen-bond acceptors (Lipinski definition) is 4. The van der Waals surface area contributed by atoms with E-state index in [1.165, 1.54) is 23.9 Å². The fourth-order valence-electron chi connectivity index (χ4n) is 2.57. The first-order valence-corrected chi connectivity index (χ1v) is 9.39. The number of benzene rings is 2. The van der Waals surface area contributed by atoms with E-state index in [0.717, 1.165) is 29.1 Å². The van der Waals surface area contributed by atoms with Gasteiger partial charge >= 0.3 is 6.18 Å². The van der Waals surface area contributed by atoms with Crippen LogP contribution in [0.2, 0.25) is 0 Å². The molecule has 7 heteroatoms. The van der Waals surface area contributed by atoms with Crippen molar-refractivity contribution in [3.63, 3.8) is 0 Å². The minimum atomic E-state index is -4.35. The van der Waals surface area contributed by atoms with Gasteiger partial charge < -0.3 is 4.90 Å². The molecule has 140 valence electrons. The summed E-state index contributed by atoms with van der Waals surface area (Å²) in [6.07, 6.45) is -2.49. The number of hydrogen-bond donors (Lipinski definition) is 0. The van der Waals surface area contributed by atoms with Crippen molar-refractivity contribution in [1.82, 2.24) is 9.97 Å². The Labute approximate surface area is 160 Å². The first kappa shape index (κ1) is 19.2. The van der Waals surface area contributed by atoms with E-state index in [1.807, 2.05) is 49.5 Å². The van der Waals surface area contributed by atoms with Gasteiger partial charge in [0.05, 0.1) is 17.0 Å². The summed E-state index contributed by atoms with van der Waals surface area (Å²) in [4.78, 5) is 11.0. The Bertz CT molecular complexity index is 921. The van der Waals surface area contributed by atoms with Gasteiger partial charge in [-0.2, -0.15) is 13.2 Å². The number of halogens is 3. The molecular formula is C20H18F3N3S. The molecule has 1 heterocycles. The first-order valence-electron chi connectivity index (χ1n) is 8.16. The van der Waals surface area contributed by atoms with Crippen molar-refractivity contribution in [2.75, 3.05) is 25.3 Å². The van der Waals surface area contributed by atoms with Gasteiger partial charge in [-0.15, -0.1) is 0 Å². The van der Waals surface area contributed by atoms with Gasteiger partial charge in [-0.1, -0.05) is 36.0 Å². The van der Waals surface area contributed by atoms with E-state index in [9.17, 15) is 13.2 Å². The third-order valence-electron chi connectivity index (χ3n) is 4.08. The Morgan fingerprint density at radius 2 is 1.30 bits per heavy atom. The highest BCUT2D eigenvalue weighted by atomic mass is 32.2. The number of nitrogens with zero attached hydrogens (tertiary/aromatic N) is 3. The van der Waals surface area contributed by atoms with E-state index in [0.29, 0.717) is 16.4 Å². The van der Waals surface area contributed by atoms with Gasteiger partial charge in [0, 0.05) is 30.9 Å². The zero-order valence-electron chi connectivity index (χ0n) is 15.1. The van der Waals surface area contributed by atoms with Crippen LogP contribution in [0.1, 0.15) is 5.56 Å². The summed E-state index contributed by atoms with van der Waals surface area (Å²) in [6.45, 7) is 0. The molecule has 0 atom stereocenters. The average Bonchev–Trinajstić information content (AvgIpc) is 2.67. The van der Waals surface area contributed by atoms with Crippen LogP contribution in [0.15, 0.2) is 59.8 Å². The number of anilines is 1. The van der Waals surface area contributed by atoms with E-state index in [-0.39, 0.29) is 0 Å². The molecular weight excluding hydrogens is 371 g/mol. The summed E-state index contributed by atoms with van der Waals surface area (Å²) in [5, 5.41) is 0.569. The molecule has 0 N–H and O–H groups in total. The molecule has 0 radical (unpaired) electrons. The third kappa shape index (κ3) is 4.42. The van der Waals surface area contributed by atoms with Crippen molar-refractivity contribution in [2.24, 2.45) is 0 Å². The summed E-state index contributed by atoms with van der Waals surface area (Å²) in [7, 11) is 3.93. The van der Waals surface area contributed by atoms with Crippen molar-refractivity contribution in [2.45, 2.75) is 11.3 Å². The molecule has 0 spiro atoms. The Morgan fingerprint density at radius 1 is 0.815 bits per heavy atom. The van der Waals surface area contributed by atoms with Crippen LogP contribution < -0.4 is 4.90 Å². The second-order valence-corrected chi connectivity index (χ2v) is 6.91. The minimum absolute atomic E-state index is 0.569. The summed E-state index contributed by atoms with van der Waals surface area (Å²) >= 11 is 1.39. The molecule has 0 fully saturated rings. The fourth-order valence-corrected chi connectivity index (χ4v) is 2.95. The van der Waals surface area contributed by atoms with Crippen LogP contribution in [-0.4, -0.2) is 30.3 Å². The van der Waals surface area contributed by atoms with Crippen LogP contribution in [0.4, 0.5) is 18.9 Å². The molecule has 0 saturated heterocycles. The molecule has 3 aromatic rings. The molecule has 0 aliphatic rings. The highest BCUT2D eigenvalue weighted by molar-refractivity contribution is 7.98. The van der Waals surface area contributed by atoms with Crippen LogP contribution in [0.3, 0.4) is 0 Å². The molecule has 27 heavy (non-hydrogen) atoms. The Morgan fingerprint density at radius 3 is 1.70 bits per heavy atom. The van der Waals surface area contributed by atoms with E-state index in [1.54, 1.807) is 6.07 Å². The lowest BCUT2D eigenvalue weighted by atomic mass is 10.1. The topological polar surface area (TPSA) is 29.0 Å². The van der Waals surface area contributed by atoms with Gasteiger partial charge in [0.15, 0.2) is 5.16 Å². The quantitative estimate of drug-likeness (QED) is 0.428. The van der Waals surface area contributed by atoms with E-state index >= 15 is 0 Å². The van der Waals surface area contributed by atoms with Crippen LogP contribution in [0.5, 0.6) is 0 Å². The van der Waals surface area contributed by atoms with Crippen LogP contribution in [0.25, 0.3) is 22.5 Å². The molecule has 3 nitrogen and oxygen atoms in total. The maximum atomic E-state index is 12.8. The monoisotopic (exact) mass is 389 g/mol. The van der Waals surface area contributed by atoms with Gasteiger partial charge in [-0.25, -0.2) is 9.97 Å². The van der Waals surface area contributed by atoms with Crippen molar-refractivity contribution in [3.05, 3.63) is 60.2 Å². The van der Waals surface area contributed by atoms with Crippen molar-refractivity contribution in [3.8, 4) is 22.5 Å². The predicted molar refractivity (Wildman–Crippen MR) is 104 cm³/mol. The number of alkyl halides is 3. The molecule has 1 aromatic heterocycles. The normalized spacial score (nSPS) is 11.5. The second kappa shape index (κ2) is 7.60. The summed E-state index contributed by atoms with van der Waals surface area (Å²) in [5.74, 6) is 0. The number of aromatic nitrogens is 2. The lowest BCUT2D eigenvalue weighted by Gasteiger charge is -2.13. The van der Waals surface area contributed by atoms with Gasteiger partial charge in [0.1, 0.15) is 0 Å². The number of rotatable bonds is 4. The summed E-state index contributed by atoms with van der Waals surface area (Å²) in [6, 6.07) is 14.7. The second-order valence-electron chi connectivity index (χ2n) is 6.14. The molecule has 0 saturated carbocycles. The van der Waals surface area contributed by atoms with Gasteiger partial charge in [-0.05, 0) is 36.6 Å². The highest BCUT2D eigenvalue weighted by Crippen LogP contribution is 2.32. The molecule has 2 aromatic carbocycles. The smallest absolute Gasteiger partial charge is 0.378 e. The fraction of sp³-hybridized carbons (Fsp3) is 0.200. The van der Waals surface area contributed by atoms with Crippen LogP contribution in [-0.2, 0) is 6.18 Å². The lowest BCUT2D eigenvalue weighted by molar-refractivity contribution is -0.137. The molecule has 0 aliphatic heterocycles. The Balaban J connectivity index is 2.01. The summed E-state index contributed by atoms with van der Waals surface area (Å²) < 4.78 is 38.3. The molecule has 3 rings (SSSR count). The maximum absolute atomic E-state index is 12.8. The van der Waals surface area contributed by atoms with Crippen molar-refractivity contribution >= 4 is 17.4 Å². The molecule has 0 bridgehead atoms. The van der Waals surface area contributed by atoms with Gasteiger partial charge in [0.2, 0.25) is 0 Å². The zero-order valence-corrected chi connectivity index (χ0v) is 15.9. The predicted octanol–water partition coefficient (Wildman–Crippen LogP) is 5.62. The van der Waals surface area contributed by atoms with Gasteiger partial charge in [0.25, 0.3) is 0 Å². The lowest BCUT2D eigenvalue weighted by Crippen LogP contribution is -2.08. The van der Waals surface area contributed by atoms with E-state index in [2.05, 4.69) is 9.97 Å². The molecule has 0 amide bonds. The Kier molecular flexibility index (Phi) is 5.41. The maximum Gasteiger partial charge on any atom is 0.416 e. The van der Waals surface area contributed by atoms with Crippen LogP contribution >= 0.6 is 11.8 Å². The number of thioether (sulfide) groups is 1. The van der Waals surface area contributed by atoms with Crippen molar-refractivity contribution < 1.29 is 13.2 Å². The van der Waals surface area contributed by atoms with Crippen molar-refractivity contribution in [1.29, 1.82) is 0 Å². The first-order chi connectivity index (χ1) is 12.8. The van der Waals surface area contributed by atoms with E-state index < -0.39 is 11.7 Å². The van der Waals surface area contributed by atoms with E-state index in [4.69, 9.17) is 0 Å². The third-order valence-corrected chi connectivity index (χ3v) is 4.62. The standard InChI is InChI=1S/C20H18F3N3S/c1-26(2)16-10-6-14(7-11-16)18-12-17(24-19(25-18)27-3)13-4-8-15(9-5-13)20(21,22)23/h4-12H,1-3H3. The minimum Gasteiger partial charge on any atom is -0.378 e.